The molecule has 0 fully saturated rings. The molecule has 1 aromatic carbocycles. The van der Waals surface area contributed by atoms with E-state index >= 15 is 0 Å². The molecule has 16 heavy (non-hydrogen) atoms. The van der Waals surface area contributed by atoms with Crippen LogP contribution in [-0.4, -0.2) is 19.5 Å². The summed E-state index contributed by atoms with van der Waals surface area (Å²) in [5.74, 6) is 0.0329. The van der Waals surface area contributed by atoms with Crippen LogP contribution in [0.25, 0.3) is 0 Å². The van der Waals surface area contributed by atoms with E-state index in [4.69, 9.17) is 0 Å². The lowest BCUT2D eigenvalue weighted by atomic mass is 10.1. The summed E-state index contributed by atoms with van der Waals surface area (Å²) in [6.07, 6.45) is 2.16. The molecule has 0 spiro atoms. The van der Waals surface area contributed by atoms with Gasteiger partial charge < -0.3 is 10.6 Å². The summed E-state index contributed by atoms with van der Waals surface area (Å²) in [6, 6.07) is 6.67. The van der Waals surface area contributed by atoms with Gasteiger partial charge in [-0.3, -0.25) is 4.79 Å². The van der Waals surface area contributed by atoms with Crippen LogP contribution in [0.15, 0.2) is 22.7 Å². The Labute approximate surface area is 104 Å². The largest absolute Gasteiger partial charge is 0.358 e. The Bertz CT molecular complexity index is 406. The number of halogens is 1. The molecule has 4 heteroatoms. The fourth-order valence-corrected chi connectivity index (χ4v) is 2.51. The third-order valence-corrected chi connectivity index (χ3v) is 3.46. The van der Waals surface area contributed by atoms with Gasteiger partial charge in [0, 0.05) is 17.6 Å². The van der Waals surface area contributed by atoms with E-state index < -0.39 is 0 Å². The highest BCUT2D eigenvalue weighted by atomic mass is 79.9. The number of carbonyl (C=O) groups is 1. The van der Waals surface area contributed by atoms with Crippen LogP contribution in [0, 0.1) is 0 Å². The van der Waals surface area contributed by atoms with Crippen LogP contribution in [0.2, 0.25) is 0 Å². The Balaban J connectivity index is 2.03. The van der Waals surface area contributed by atoms with Gasteiger partial charge in [0.2, 0.25) is 5.91 Å². The highest BCUT2D eigenvalue weighted by Gasteiger charge is 2.22. The molecule has 1 aliphatic carbocycles. The van der Waals surface area contributed by atoms with Gasteiger partial charge in [-0.2, -0.15) is 0 Å². The van der Waals surface area contributed by atoms with Crippen molar-refractivity contribution in [3.05, 3.63) is 33.8 Å². The minimum Gasteiger partial charge on any atom is -0.358 e. The topological polar surface area (TPSA) is 41.1 Å². The molecule has 1 aliphatic rings. The Morgan fingerprint density at radius 3 is 3.12 bits per heavy atom. The second-order valence-electron chi connectivity index (χ2n) is 3.99. The Kier molecular flexibility index (Phi) is 3.61. The van der Waals surface area contributed by atoms with Gasteiger partial charge in [-0.1, -0.05) is 22.0 Å². The number of rotatable bonds is 3. The molecule has 0 saturated carbocycles. The summed E-state index contributed by atoms with van der Waals surface area (Å²) in [5.41, 5.74) is 2.70. The third-order valence-electron chi connectivity index (χ3n) is 2.97. The Morgan fingerprint density at radius 1 is 1.56 bits per heavy atom. The zero-order valence-electron chi connectivity index (χ0n) is 9.22. The molecule has 1 amide bonds. The molecule has 0 aliphatic heterocycles. The predicted octanol–water partition coefficient (Wildman–Crippen LogP) is 1.77. The van der Waals surface area contributed by atoms with Crippen molar-refractivity contribution in [2.45, 2.75) is 18.9 Å². The van der Waals surface area contributed by atoms with Crippen molar-refractivity contribution in [3.8, 4) is 0 Å². The quantitative estimate of drug-likeness (QED) is 0.887. The van der Waals surface area contributed by atoms with Crippen molar-refractivity contribution in [3.63, 3.8) is 0 Å². The SMILES string of the molecule is CNC(=O)CNC1CCc2cc(Br)ccc21. The first-order chi connectivity index (χ1) is 7.70. The monoisotopic (exact) mass is 282 g/mol. The molecule has 2 N–H and O–H groups in total. The fraction of sp³-hybridized carbons (Fsp3) is 0.417. The molecule has 2 rings (SSSR count). The maximum Gasteiger partial charge on any atom is 0.233 e. The van der Waals surface area contributed by atoms with Gasteiger partial charge in [0.1, 0.15) is 0 Å². The summed E-state index contributed by atoms with van der Waals surface area (Å²) in [7, 11) is 1.66. The molecular weight excluding hydrogens is 268 g/mol. The maximum absolute atomic E-state index is 11.2. The van der Waals surface area contributed by atoms with E-state index in [1.54, 1.807) is 7.05 Å². The van der Waals surface area contributed by atoms with Gasteiger partial charge in [-0.05, 0) is 36.1 Å². The molecule has 0 radical (unpaired) electrons. The molecule has 0 bridgehead atoms. The third kappa shape index (κ3) is 2.44. The van der Waals surface area contributed by atoms with E-state index in [9.17, 15) is 4.79 Å². The van der Waals surface area contributed by atoms with E-state index in [0.717, 1.165) is 17.3 Å². The number of carbonyl (C=O) groups excluding carboxylic acids is 1. The van der Waals surface area contributed by atoms with Crippen molar-refractivity contribution in [2.75, 3.05) is 13.6 Å². The lowest BCUT2D eigenvalue weighted by molar-refractivity contribution is -0.119. The number of amides is 1. The van der Waals surface area contributed by atoms with Crippen LogP contribution in [0.5, 0.6) is 0 Å². The first-order valence-corrected chi connectivity index (χ1v) is 6.22. The minimum absolute atomic E-state index is 0.0329. The van der Waals surface area contributed by atoms with E-state index in [2.05, 4.69) is 44.8 Å². The zero-order chi connectivity index (χ0) is 11.5. The molecule has 0 aromatic heterocycles. The summed E-state index contributed by atoms with van der Waals surface area (Å²) >= 11 is 3.47. The summed E-state index contributed by atoms with van der Waals surface area (Å²) in [4.78, 5) is 11.2. The molecular formula is C12H15BrN2O. The van der Waals surface area contributed by atoms with Gasteiger partial charge in [-0.25, -0.2) is 0 Å². The summed E-state index contributed by atoms with van der Waals surface area (Å²) < 4.78 is 1.12. The molecule has 0 saturated heterocycles. The van der Waals surface area contributed by atoms with Gasteiger partial charge in [0.05, 0.1) is 6.54 Å². The van der Waals surface area contributed by atoms with Gasteiger partial charge in [0.15, 0.2) is 0 Å². The molecule has 3 nitrogen and oxygen atoms in total. The molecule has 1 atom stereocenters. The Morgan fingerprint density at radius 2 is 2.38 bits per heavy atom. The first-order valence-electron chi connectivity index (χ1n) is 5.43. The smallest absolute Gasteiger partial charge is 0.233 e. The normalized spacial score (nSPS) is 18.2. The number of benzene rings is 1. The van der Waals surface area contributed by atoms with Crippen molar-refractivity contribution >= 4 is 21.8 Å². The number of likely N-dealkylation sites (N-methyl/N-ethyl adjacent to an activating group) is 1. The lowest BCUT2D eigenvalue weighted by Gasteiger charge is -2.13. The number of hydrogen-bond acceptors (Lipinski definition) is 2. The molecule has 1 unspecified atom stereocenters. The van der Waals surface area contributed by atoms with Crippen LogP contribution in [0.3, 0.4) is 0 Å². The predicted molar refractivity (Wildman–Crippen MR) is 67.3 cm³/mol. The highest BCUT2D eigenvalue weighted by Crippen LogP contribution is 2.32. The standard InChI is InChI=1S/C12H15BrN2O/c1-14-12(16)7-15-11-5-2-8-6-9(13)3-4-10(8)11/h3-4,6,11,15H,2,5,7H2,1H3,(H,14,16). The first kappa shape index (κ1) is 11.6. The second kappa shape index (κ2) is 4.97. The summed E-state index contributed by atoms with van der Waals surface area (Å²) in [5, 5.41) is 5.89. The number of fused-ring (bicyclic) bond motifs is 1. The van der Waals surface area contributed by atoms with Crippen LogP contribution in [-0.2, 0) is 11.2 Å². The van der Waals surface area contributed by atoms with Gasteiger partial charge in [0.25, 0.3) is 0 Å². The zero-order valence-corrected chi connectivity index (χ0v) is 10.8. The van der Waals surface area contributed by atoms with Crippen LogP contribution in [0.1, 0.15) is 23.6 Å². The minimum atomic E-state index is 0.0329. The van der Waals surface area contributed by atoms with Crippen molar-refractivity contribution in [1.29, 1.82) is 0 Å². The molecule has 1 aromatic rings. The number of aryl methyl sites for hydroxylation is 1. The van der Waals surface area contributed by atoms with Crippen molar-refractivity contribution in [2.24, 2.45) is 0 Å². The second-order valence-corrected chi connectivity index (χ2v) is 4.90. The average molecular weight is 283 g/mol. The van der Waals surface area contributed by atoms with E-state index in [1.807, 2.05) is 0 Å². The van der Waals surface area contributed by atoms with E-state index in [1.165, 1.54) is 11.1 Å². The van der Waals surface area contributed by atoms with Gasteiger partial charge in [-0.15, -0.1) is 0 Å². The van der Waals surface area contributed by atoms with Crippen LogP contribution < -0.4 is 10.6 Å². The molecule has 0 heterocycles. The maximum atomic E-state index is 11.2. The number of nitrogens with one attached hydrogen (secondary N) is 2. The van der Waals surface area contributed by atoms with Crippen LogP contribution >= 0.6 is 15.9 Å². The van der Waals surface area contributed by atoms with E-state index in [0.29, 0.717) is 12.6 Å². The molecule has 86 valence electrons. The highest BCUT2D eigenvalue weighted by molar-refractivity contribution is 9.10. The average Bonchev–Trinajstić information content (AvgIpc) is 2.68. The van der Waals surface area contributed by atoms with Crippen LogP contribution in [0.4, 0.5) is 0 Å². The fourth-order valence-electron chi connectivity index (χ4n) is 2.10. The van der Waals surface area contributed by atoms with Crippen molar-refractivity contribution in [1.82, 2.24) is 10.6 Å². The lowest BCUT2D eigenvalue weighted by Crippen LogP contribution is -2.33. The van der Waals surface area contributed by atoms with E-state index in [-0.39, 0.29) is 5.91 Å². The van der Waals surface area contributed by atoms with Gasteiger partial charge >= 0.3 is 0 Å². The number of hydrogen-bond donors (Lipinski definition) is 2. The Hall–Kier alpha value is -0.870. The summed E-state index contributed by atoms with van der Waals surface area (Å²) in [6.45, 7) is 0.386. The van der Waals surface area contributed by atoms with Crippen molar-refractivity contribution < 1.29 is 4.79 Å².